The largest absolute Gasteiger partial charge is 0.482 e. The number of carbonyl (C=O) groups is 2. The molecule has 134 valence electrons. The van der Waals surface area contributed by atoms with Crippen LogP contribution in [-0.4, -0.2) is 42.3 Å². The Hall–Kier alpha value is -1.69. The highest BCUT2D eigenvalue weighted by molar-refractivity contribution is 7.99. The topological polar surface area (TPSA) is 61.8 Å². The number of ether oxygens (including phenoxy) is 3. The highest BCUT2D eigenvalue weighted by atomic mass is 32.2. The van der Waals surface area contributed by atoms with Crippen LogP contribution in [0.15, 0.2) is 24.3 Å². The SMILES string of the molecule is CCOC(=O)C(Cc1ccc(OCC(=O)OC(C)(C)C)cc1)SC. The van der Waals surface area contributed by atoms with Gasteiger partial charge in [-0.15, -0.1) is 11.8 Å². The first-order valence-corrected chi connectivity index (χ1v) is 9.17. The first kappa shape index (κ1) is 20.4. The molecule has 5 nitrogen and oxygen atoms in total. The van der Waals surface area contributed by atoms with Gasteiger partial charge < -0.3 is 14.2 Å². The molecule has 0 saturated heterocycles. The third-order valence-electron chi connectivity index (χ3n) is 2.96. The Bertz CT molecular complexity index is 533. The zero-order valence-corrected chi connectivity index (χ0v) is 15.8. The molecule has 0 amide bonds. The Morgan fingerprint density at radius 1 is 1.17 bits per heavy atom. The van der Waals surface area contributed by atoms with Crippen LogP contribution in [0.2, 0.25) is 0 Å². The maximum absolute atomic E-state index is 11.8. The van der Waals surface area contributed by atoms with E-state index in [0.29, 0.717) is 18.8 Å². The van der Waals surface area contributed by atoms with Crippen molar-refractivity contribution in [3.05, 3.63) is 29.8 Å². The lowest BCUT2D eigenvalue weighted by molar-refractivity contribution is -0.157. The van der Waals surface area contributed by atoms with E-state index in [4.69, 9.17) is 14.2 Å². The monoisotopic (exact) mass is 354 g/mol. The molecular weight excluding hydrogens is 328 g/mol. The van der Waals surface area contributed by atoms with Crippen molar-refractivity contribution in [2.24, 2.45) is 0 Å². The van der Waals surface area contributed by atoms with Crippen LogP contribution in [0.25, 0.3) is 0 Å². The van der Waals surface area contributed by atoms with E-state index in [1.165, 1.54) is 11.8 Å². The summed E-state index contributed by atoms with van der Waals surface area (Å²) >= 11 is 1.47. The molecule has 0 fully saturated rings. The van der Waals surface area contributed by atoms with Gasteiger partial charge in [0.1, 0.15) is 16.6 Å². The molecule has 0 radical (unpaired) electrons. The van der Waals surface area contributed by atoms with Crippen molar-refractivity contribution in [3.63, 3.8) is 0 Å². The van der Waals surface area contributed by atoms with E-state index in [2.05, 4.69) is 0 Å². The molecule has 0 saturated carbocycles. The highest BCUT2D eigenvalue weighted by Gasteiger charge is 2.19. The Balaban J connectivity index is 2.53. The maximum atomic E-state index is 11.8. The number of rotatable bonds is 8. The van der Waals surface area contributed by atoms with Crippen LogP contribution in [0.4, 0.5) is 0 Å². The summed E-state index contributed by atoms with van der Waals surface area (Å²) in [7, 11) is 0. The van der Waals surface area contributed by atoms with Crippen molar-refractivity contribution in [2.45, 2.75) is 45.0 Å². The third-order valence-corrected chi connectivity index (χ3v) is 3.88. The molecule has 0 aromatic heterocycles. The van der Waals surface area contributed by atoms with E-state index in [0.717, 1.165) is 5.56 Å². The number of hydrogen-bond donors (Lipinski definition) is 0. The van der Waals surface area contributed by atoms with Gasteiger partial charge in [-0.25, -0.2) is 4.79 Å². The van der Waals surface area contributed by atoms with E-state index >= 15 is 0 Å². The van der Waals surface area contributed by atoms with E-state index < -0.39 is 11.6 Å². The summed E-state index contributed by atoms with van der Waals surface area (Å²) in [6.45, 7) is 7.48. The Labute approximate surface area is 148 Å². The van der Waals surface area contributed by atoms with Crippen molar-refractivity contribution < 1.29 is 23.8 Å². The van der Waals surface area contributed by atoms with Gasteiger partial charge in [0.15, 0.2) is 6.61 Å². The Kier molecular flexibility index (Phi) is 8.11. The first-order chi connectivity index (χ1) is 11.2. The van der Waals surface area contributed by atoms with E-state index in [1.807, 2.05) is 39.2 Å². The number of thioether (sulfide) groups is 1. The summed E-state index contributed by atoms with van der Waals surface area (Å²) < 4.78 is 15.7. The molecule has 0 aliphatic carbocycles. The zero-order chi connectivity index (χ0) is 18.2. The van der Waals surface area contributed by atoms with Gasteiger partial charge >= 0.3 is 11.9 Å². The van der Waals surface area contributed by atoms with Gasteiger partial charge in [-0.3, -0.25) is 4.79 Å². The number of hydrogen-bond acceptors (Lipinski definition) is 6. The second-order valence-corrected chi connectivity index (χ2v) is 7.24. The number of benzene rings is 1. The number of esters is 2. The van der Waals surface area contributed by atoms with Crippen LogP contribution in [0.1, 0.15) is 33.3 Å². The summed E-state index contributed by atoms with van der Waals surface area (Å²) in [5.41, 5.74) is 0.483. The highest BCUT2D eigenvalue weighted by Crippen LogP contribution is 2.19. The van der Waals surface area contributed by atoms with Gasteiger partial charge in [-0.2, -0.15) is 0 Å². The summed E-state index contributed by atoms with van der Waals surface area (Å²) in [6, 6.07) is 7.32. The molecule has 0 aliphatic rings. The quantitative estimate of drug-likeness (QED) is 0.668. The van der Waals surface area contributed by atoms with Crippen LogP contribution in [0.3, 0.4) is 0 Å². The van der Waals surface area contributed by atoms with Crippen LogP contribution < -0.4 is 4.74 Å². The van der Waals surface area contributed by atoms with E-state index in [9.17, 15) is 9.59 Å². The fourth-order valence-electron chi connectivity index (χ4n) is 1.95. The molecule has 1 rings (SSSR count). The molecule has 1 atom stereocenters. The van der Waals surface area contributed by atoms with Gasteiger partial charge in [-0.1, -0.05) is 12.1 Å². The van der Waals surface area contributed by atoms with Crippen molar-refractivity contribution in [3.8, 4) is 5.75 Å². The average molecular weight is 354 g/mol. The fraction of sp³-hybridized carbons (Fsp3) is 0.556. The smallest absolute Gasteiger partial charge is 0.344 e. The summed E-state index contributed by atoms with van der Waals surface area (Å²) in [5, 5.41) is -0.224. The molecule has 1 unspecified atom stereocenters. The van der Waals surface area contributed by atoms with E-state index in [1.54, 1.807) is 19.1 Å². The summed E-state index contributed by atoms with van der Waals surface area (Å²) in [5.74, 6) is -0.0203. The third kappa shape index (κ3) is 7.73. The fourth-order valence-corrected chi connectivity index (χ4v) is 2.57. The minimum absolute atomic E-state index is 0.132. The van der Waals surface area contributed by atoms with Gasteiger partial charge in [0.2, 0.25) is 0 Å². The lowest BCUT2D eigenvalue weighted by atomic mass is 10.1. The van der Waals surface area contributed by atoms with Gasteiger partial charge in [0, 0.05) is 0 Å². The van der Waals surface area contributed by atoms with Crippen LogP contribution in [0.5, 0.6) is 5.75 Å². The standard InChI is InChI=1S/C18H26O5S/c1-6-21-17(20)15(24-5)11-13-7-9-14(10-8-13)22-12-16(19)23-18(2,3)4/h7-10,15H,6,11-12H2,1-5H3. The first-order valence-electron chi connectivity index (χ1n) is 7.88. The molecule has 1 aromatic rings. The van der Waals surface area contributed by atoms with E-state index in [-0.39, 0.29) is 17.8 Å². The van der Waals surface area contributed by atoms with Crippen LogP contribution in [0, 0.1) is 0 Å². The second kappa shape index (κ2) is 9.57. The summed E-state index contributed by atoms with van der Waals surface area (Å²) in [4.78, 5) is 23.4. The van der Waals surface area contributed by atoms with Gasteiger partial charge in [0.05, 0.1) is 6.61 Å². The lowest BCUT2D eigenvalue weighted by Gasteiger charge is -2.19. The predicted octanol–water partition coefficient (Wildman–Crippen LogP) is 3.24. The molecule has 1 aromatic carbocycles. The van der Waals surface area contributed by atoms with Gasteiger partial charge in [0.25, 0.3) is 0 Å². The molecule has 0 heterocycles. The molecule has 6 heteroatoms. The zero-order valence-electron chi connectivity index (χ0n) is 15.0. The summed E-state index contributed by atoms with van der Waals surface area (Å²) in [6.07, 6.45) is 2.48. The van der Waals surface area contributed by atoms with Crippen molar-refractivity contribution >= 4 is 23.7 Å². The molecule has 24 heavy (non-hydrogen) atoms. The van der Waals surface area contributed by atoms with Crippen LogP contribution >= 0.6 is 11.8 Å². The van der Waals surface area contributed by atoms with Gasteiger partial charge in [-0.05, 0) is 58.1 Å². The molecule has 0 N–H and O–H groups in total. The van der Waals surface area contributed by atoms with Crippen molar-refractivity contribution in [1.29, 1.82) is 0 Å². The number of carbonyl (C=O) groups excluding carboxylic acids is 2. The Morgan fingerprint density at radius 2 is 1.79 bits per heavy atom. The minimum atomic E-state index is -0.524. The van der Waals surface area contributed by atoms with Crippen molar-refractivity contribution in [2.75, 3.05) is 19.5 Å². The molecule has 0 spiro atoms. The van der Waals surface area contributed by atoms with Crippen LogP contribution in [-0.2, 0) is 25.5 Å². The predicted molar refractivity (Wildman–Crippen MR) is 95.4 cm³/mol. The lowest BCUT2D eigenvalue weighted by Crippen LogP contribution is -2.27. The van der Waals surface area contributed by atoms with Crippen molar-refractivity contribution in [1.82, 2.24) is 0 Å². The molecule has 0 bridgehead atoms. The molecular formula is C18H26O5S. The molecule has 0 aliphatic heterocycles. The minimum Gasteiger partial charge on any atom is -0.482 e. The Morgan fingerprint density at radius 3 is 2.29 bits per heavy atom. The second-order valence-electron chi connectivity index (χ2n) is 6.20. The maximum Gasteiger partial charge on any atom is 0.344 e. The average Bonchev–Trinajstić information content (AvgIpc) is 2.50. The normalized spacial score (nSPS) is 12.4.